The van der Waals surface area contributed by atoms with E-state index >= 15 is 0 Å². The summed E-state index contributed by atoms with van der Waals surface area (Å²) in [6.07, 6.45) is 3.18. The summed E-state index contributed by atoms with van der Waals surface area (Å²) in [7, 11) is 1.76. The monoisotopic (exact) mass is 245 g/mol. The lowest BCUT2D eigenvalue weighted by molar-refractivity contribution is 0.0935. The highest BCUT2D eigenvalue weighted by molar-refractivity contribution is 5.94. The number of hydrogen-bond acceptors (Lipinski definition) is 4. The van der Waals surface area contributed by atoms with Gasteiger partial charge in [0.15, 0.2) is 0 Å². The molecule has 0 aliphatic heterocycles. The van der Waals surface area contributed by atoms with Gasteiger partial charge in [0.2, 0.25) is 0 Å². The lowest BCUT2D eigenvalue weighted by Gasteiger charge is -2.11. The molecular weight excluding hydrogens is 230 g/mol. The van der Waals surface area contributed by atoms with Crippen LogP contribution in [-0.2, 0) is 0 Å². The molecule has 2 aromatic heterocycles. The van der Waals surface area contributed by atoms with Crippen LogP contribution < -0.4 is 10.6 Å². The van der Waals surface area contributed by atoms with Gasteiger partial charge < -0.3 is 15.1 Å². The quantitative estimate of drug-likeness (QED) is 0.866. The van der Waals surface area contributed by atoms with Gasteiger partial charge in [-0.2, -0.15) is 0 Å². The molecule has 0 aliphatic rings. The first-order valence-electron chi connectivity index (χ1n) is 5.69. The summed E-state index contributed by atoms with van der Waals surface area (Å²) in [5.74, 6) is 1.23. The van der Waals surface area contributed by atoms with Gasteiger partial charge in [-0.05, 0) is 31.2 Å². The summed E-state index contributed by atoms with van der Waals surface area (Å²) in [5, 5.41) is 5.76. The first kappa shape index (κ1) is 12.2. The predicted molar refractivity (Wildman–Crippen MR) is 68.4 cm³/mol. The van der Waals surface area contributed by atoms with Crippen LogP contribution in [0.15, 0.2) is 41.1 Å². The first-order valence-corrected chi connectivity index (χ1v) is 5.69. The van der Waals surface area contributed by atoms with Crippen LogP contribution in [0.3, 0.4) is 0 Å². The van der Waals surface area contributed by atoms with Crippen molar-refractivity contribution in [1.82, 2.24) is 10.3 Å². The Kier molecular flexibility index (Phi) is 3.62. The van der Waals surface area contributed by atoms with Crippen LogP contribution in [0.5, 0.6) is 0 Å². The van der Waals surface area contributed by atoms with E-state index in [4.69, 9.17) is 4.42 Å². The Morgan fingerprint density at radius 2 is 2.28 bits per heavy atom. The van der Waals surface area contributed by atoms with Gasteiger partial charge in [-0.15, -0.1) is 0 Å². The van der Waals surface area contributed by atoms with Crippen LogP contribution in [0.25, 0.3) is 0 Å². The summed E-state index contributed by atoms with van der Waals surface area (Å²) < 4.78 is 5.24. The minimum Gasteiger partial charge on any atom is -0.467 e. The van der Waals surface area contributed by atoms with Crippen molar-refractivity contribution in [3.05, 3.63) is 48.0 Å². The van der Waals surface area contributed by atoms with Gasteiger partial charge in [0.05, 0.1) is 12.3 Å². The maximum Gasteiger partial charge on any atom is 0.252 e. The van der Waals surface area contributed by atoms with Gasteiger partial charge >= 0.3 is 0 Å². The number of rotatable bonds is 4. The van der Waals surface area contributed by atoms with Crippen molar-refractivity contribution in [2.45, 2.75) is 13.0 Å². The van der Waals surface area contributed by atoms with E-state index in [1.165, 1.54) is 0 Å². The number of amides is 1. The van der Waals surface area contributed by atoms with E-state index in [1.54, 1.807) is 37.7 Å². The number of aromatic nitrogens is 1. The molecule has 0 fully saturated rings. The molecule has 0 bridgehead atoms. The van der Waals surface area contributed by atoms with Gasteiger partial charge in [-0.25, -0.2) is 4.98 Å². The van der Waals surface area contributed by atoms with Crippen LogP contribution >= 0.6 is 0 Å². The third-order valence-electron chi connectivity index (χ3n) is 2.60. The lowest BCUT2D eigenvalue weighted by atomic mass is 10.2. The second-order valence-electron chi connectivity index (χ2n) is 3.89. The second kappa shape index (κ2) is 5.35. The molecular formula is C13H15N3O2. The maximum atomic E-state index is 12.0. The number of nitrogens with zero attached hydrogens (tertiary/aromatic N) is 1. The fourth-order valence-electron chi connectivity index (χ4n) is 1.60. The summed E-state index contributed by atoms with van der Waals surface area (Å²) in [5.41, 5.74) is 0.563. The van der Waals surface area contributed by atoms with Gasteiger partial charge in [0, 0.05) is 18.8 Å². The molecule has 2 aromatic rings. The van der Waals surface area contributed by atoms with E-state index in [2.05, 4.69) is 15.6 Å². The number of carbonyl (C=O) groups is 1. The molecule has 5 nitrogen and oxygen atoms in total. The molecule has 0 spiro atoms. The summed E-state index contributed by atoms with van der Waals surface area (Å²) >= 11 is 0. The lowest BCUT2D eigenvalue weighted by Crippen LogP contribution is -2.26. The van der Waals surface area contributed by atoms with Crippen molar-refractivity contribution in [2.24, 2.45) is 0 Å². The van der Waals surface area contributed by atoms with E-state index in [9.17, 15) is 4.79 Å². The summed E-state index contributed by atoms with van der Waals surface area (Å²) in [4.78, 5) is 16.1. The Morgan fingerprint density at radius 1 is 1.44 bits per heavy atom. The number of nitrogens with one attached hydrogen (secondary N) is 2. The normalized spacial score (nSPS) is 11.9. The van der Waals surface area contributed by atoms with Gasteiger partial charge in [0.1, 0.15) is 11.6 Å². The van der Waals surface area contributed by atoms with E-state index in [0.717, 1.165) is 5.76 Å². The largest absolute Gasteiger partial charge is 0.467 e. The number of anilines is 1. The fraction of sp³-hybridized carbons (Fsp3) is 0.231. The number of carbonyl (C=O) groups excluding carboxylic acids is 1. The molecule has 2 rings (SSSR count). The Labute approximate surface area is 105 Å². The molecule has 1 amide bonds. The zero-order chi connectivity index (χ0) is 13.0. The Bertz CT molecular complexity index is 523. The molecule has 94 valence electrons. The molecule has 18 heavy (non-hydrogen) atoms. The zero-order valence-corrected chi connectivity index (χ0v) is 10.3. The molecule has 1 atom stereocenters. The SMILES string of the molecule is CNc1cc(C(=O)NC(C)c2ccco2)ccn1. The molecule has 0 aromatic carbocycles. The van der Waals surface area contributed by atoms with Crippen LogP contribution in [-0.4, -0.2) is 17.9 Å². The fourth-order valence-corrected chi connectivity index (χ4v) is 1.60. The van der Waals surface area contributed by atoms with Gasteiger partial charge in [-0.3, -0.25) is 4.79 Å². The first-order chi connectivity index (χ1) is 8.70. The van der Waals surface area contributed by atoms with Gasteiger partial charge in [-0.1, -0.05) is 0 Å². The highest BCUT2D eigenvalue weighted by Gasteiger charge is 2.13. The Hall–Kier alpha value is -2.30. The van der Waals surface area contributed by atoms with E-state index < -0.39 is 0 Å². The van der Waals surface area contributed by atoms with E-state index in [0.29, 0.717) is 11.4 Å². The molecule has 0 saturated carbocycles. The zero-order valence-electron chi connectivity index (χ0n) is 10.3. The van der Waals surface area contributed by atoms with Crippen molar-refractivity contribution < 1.29 is 9.21 Å². The van der Waals surface area contributed by atoms with Gasteiger partial charge in [0.25, 0.3) is 5.91 Å². The van der Waals surface area contributed by atoms with Crippen molar-refractivity contribution in [1.29, 1.82) is 0 Å². The smallest absolute Gasteiger partial charge is 0.252 e. The Balaban J connectivity index is 2.07. The van der Waals surface area contributed by atoms with Crippen LogP contribution in [0.1, 0.15) is 29.1 Å². The third kappa shape index (κ3) is 2.68. The molecule has 0 radical (unpaired) electrons. The second-order valence-corrected chi connectivity index (χ2v) is 3.89. The van der Waals surface area contributed by atoms with Crippen molar-refractivity contribution >= 4 is 11.7 Å². The molecule has 2 heterocycles. The Morgan fingerprint density at radius 3 is 2.94 bits per heavy atom. The van der Waals surface area contributed by atoms with Crippen LogP contribution in [0.4, 0.5) is 5.82 Å². The molecule has 0 saturated heterocycles. The highest BCUT2D eigenvalue weighted by Crippen LogP contribution is 2.14. The minimum absolute atomic E-state index is 0.155. The van der Waals surface area contributed by atoms with Crippen molar-refractivity contribution in [2.75, 3.05) is 12.4 Å². The third-order valence-corrected chi connectivity index (χ3v) is 2.60. The molecule has 1 unspecified atom stereocenters. The standard InChI is InChI=1S/C13H15N3O2/c1-9(11-4-3-7-18-11)16-13(17)10-5-6-15-12(8-10)14-2/h3-9H,1-2H3,(H,14,15)(H,16,17). The number of hydrogen-bond donors (Lipinski definition) is 2. The summed E-state index contributed by atoms with van der Waals surface area (Å²) in [6, 6.07) is 6.83. The maximum absolute atomic E-state index is 12.0. The van der Waals surface area contributed by atoms with E-state index in [-0.39, 0.29) is 11.9 Å². The average molecular weight is 245 g/mol. The molecule has 5 heteroatoms. The van der Waals surface area contributed by atoms with Crippen molar-refractivity contribution in [3.8, 4) is 0 Å². The van der Waals surface area contributed by atoms with Crippen molar-refractivity contribution in [3.63, 3.8) is 0 Å². The van der Waals surface area contributed by atoms with Crippen LogP contribution in [0, 0.1) is 0 Å². The summed E-state index contributed by atoms with van der Waals surface area (Å²) in [6.45, 7) is 1.87. The van der Waals surface area contributed by atoms with E-state index in [1.807, 2.05) is 13.0 Å². The average Bonchev–Trinajstić information content (AvgIpc) is 2.92. The minimum atomic E-state index is -0.168. The highest BCUT2D eigenvalue weighted by atomic mass is 16.3. The molecule has 0 aliphatic carbocycles. The topological polar surface area (TPSA) is 67.2 Å². The van der Waals surface area contributed by atoms with Crippen LogP contribution in [0.2, 0.25) is 0 Å². The molecule has 2 N–H and O–H groups in total. The number of furan rings is 1. The number of pyridine rings is 1. The predicted octanol–water partition coefficient (Wildman–Crippen LogP) is 2.21.